The van der Waals surface area contributed by atoms with E-state index in [4.69, 9.17) is 9.47 Å². The highest BCUT2D eigenvalue weighted by atomic mass is 16.5. The number of nitrogens with one attached hydrogen (secondary N) is 2. The van der Waals surface area contributed by atoms with Crippen LogP contribution >= 0.6 is 0 Å². The molecule has 0 aliphatic carbocycles. The Morgan fingerprint density at radius 3 is 3.00 bits per heavy atom. The molecule has 0 spiro atoms. The van der Waals surface area contributed by atoms with Crippen LogP contribution < -0.4 is 15.4 Å². The number of carbonyl (C=O) groups excluding carboxylic acids is 1. The fourth-order valence-corrected chi connectivity index (χ4v) is 2.44. The van der Waals surface area contributed by atoms with Gasteiger partial charge in [-0.05, 0) is 50.0 Å². The van der Waals surface area contributed by atoms with Crippen LogP contribution in [0.2, 0.25) is 0 Å². The zero-order valence-electron chi connectivity index (χ0n) is 12.8. The van der Waals surface area contributed by atoms with Gasteiger partial charge < -0.3 is 20.1 Å². The highest BCUT2D eigenvalue weighted by Gasteiger charge is 2.18. The van der Waals surface area contributed by atoms with Crippen LogP contribution in [0.15, 0.2) is 18.2 Å². The van der Waals surface area contributed by atoms with Crippen LogP contribution in [0, 0.1) is 12.8 Å². The van der Waals surface area contributed by atoms with Crippen molar-refractivity contribution in [1.29, 1.82) is 0 Å². The van der Waals surface area contributed by atoms with Crippen LogP contribution in [0.4, 0.5) is 5.69 Å². The summed E-state index contributed by atoms with van der Waals surface area (Å²) in [6, 6.07) is 5.79. The molecule has 0 radical (unpaired) electrons. The van der Waals surface area contributed by atoms with Crippen molar-refractivity contribution < 1.29 is 14.3 Å². The molecule has 0 bridgehead atoms. The molecule has 21 heavy (non-hydrogen) atoms. The zero-order chi connectivity index (χ0) is 15.1. The lowest BCUT2D eigenvalue weighted by atomic mass is 10.0. The predicted octanol–water partition coefficient (Wildman–Crippen LogP) is 1.96. The average molecular weight is 292 g/mol. The molecule has 1 unspecified atom stereocenters. The summed E-state index contributed by atoms with van der Waals surface area (Å²) in [5, 5.41) is 6.24. The Labute approximate surface area is 126 Å². The molecule has 2 rings (SSSR count). The summed E-state index contributed by atoms with van der Waals surface area (Å²) in [7, 11) is 1.64. The normalized spacial score (nSPS) is 17.7. The number of hydrogen-bond acceptors (Lipinski definition) is 4. The summed E-state index contributed by atoms with van der Waals surface area (Å²) in [6.45, 7) is 4.93. The Hall–Kier alpha value is -1.59. The molecule has 5 heteroatoms. The molecule has 1 amide bonds. The van der Waals surface area contributed by atoms with Gasteiger partial charge in [-0.25, -0.2) is 0 Å². The van der Waals surface area contributed by atoms with Crippen LogP contribution in [0.25, 0.3) is 0 Å². The van der Waals surface area contributed by atoms with Crippen molar-refractivity contribution >= 4 is 11.6 Å². The Balaban J connectivity index is 1.95. The second-order valence-electron chi connectivity index (χ2n) is 5.45. The minimum absolute atomic E-state index is 0.0455. The highest BCUT2D eigenvalue weighted by Crippen LogP contribution is 2.26. The van der Waals surface area contributed by atoms with Gasteiger partial charge in [0, 0.05) is 13.5 Å². The minimum atomic E-state index is 0.0455. The molecule has 0 aromatic heterocycles. The summed E-state index contributed by atoms with van der Waals surface area (Å²) in [6.07, 6.45) is 1.62. The van der Waals surface area contributed by atoms with Crippen molar-refractivity contribution in [2.24, 2.45) is 5.92 Å². The first-order chi connectivity index (χ1) is 10.2. The molecular weight excluding hydrogens is 268 g/mol. The van der Waals surface area contributed by atoms with E-state index in [0.717, 1.165) is 30.8 Å². The monoisotopic (exact) mass is 292 g/mol. The van der Waals surface area contributed by atoms with E-state index in [2.05, 4.69) is 10.6 Å². The van der Waals surface area contributed by atoms with Crippen molar-refractivity contribution in [2.75, 3.05) is 38.7 Å². The number of rotatable bonds is 7. The van der Waals surface area contributed by atoms with Gasteiger partial charge >= 0.3 is 0 Å². The maximum Gasteiger partial charge on any atom is 0.224 e. The van der Waals surface area contributed by atoms with E-state index in [9.17, 15) is 4.79 Å². The maximum atomic E-state index is 12.1. The summed E-state index contributed by atoms with van der Waals surface area (Å²) < 4.78 is 10.7. The third kappa shape index (κ3) is 5.02. The van der Waals surface area contributed by atoms with Crippen molar-refractivity contribution in [1.82, 2.24) is 5.32 Å². The highest BCUT2D eigenvalue weighted by molar-refractivity contribution is 5.92. The second kappa shape index (κ2) is 8.00. The van der Waals surface area contributed by atoms with E-state index in [-0.39, 0.29) is 5.91 Å². The van der Waals surface area contributed by atoms with Gasteiger partial charge in [-0.1, -0.05) is 6.07 Å². The fourth-order valence-electron chi connectivity index (χ4n) is 2.44. The average Bonchev–Trinajstić information content (AvgIpc) is 2.95. The van der Waals surface area contributed by atoms with Crippen molar-refractivity contribution in [2.45, 2.75) is 19.8 Å². The minimum Gasteiger partial charge on any atom is -0.489 e. The van der Waals surface area contributed by atoms with Gasteiger partial charge in [-0.3, -0.25) is 4.79 Å². The Kier molecular flexibility index (Phi) is 6.02. The summed E-state index contributed by atoms with van der Waals surface area (Å²) >= 11 is 0. The van der Waals surface area contributed by atoms with Crippen LogP contribution in [0.1, 0.15) is 18.4 Å². The largest absolute Gasteiger partial charge is 0.489 e. The number of aryl methyl sites for hydroxylation is 1. The topological polar surface area (TPSA) is 59.6 Å². The van der Waals surface area contributed by atoms with Gasteiger partial charge in [0.1, 0.15) is 12.4 Å². The number of carbonyl (C=O) groups is 1. The van der Waals surface area contributed by atoms with Gasteiger partial charge in [0.25, 0.3) is 0 Å². The van der Waals surface area contributed by atoms with Crippen LogP contribution in [-0.2, 0) is 9.53 Å². The first-order valence-corrected chi connectivity index (χ1v) is 7.42. The summed E-state index contributed by atoms with van der Waals surface area (Å²) in [5.74, 6) is 1.18. The number of benzene rings is 1. The SMILES string of the molecule is COCCOc1cc(C)ccc1NC(=O)CC1CCNC1. The number of amides is 1. The van der Waals surface area contributed by atoms with Crippen LogP contribution in [0.3, 0.4) is 0 Å². The second-order valence-corrected chi connectivity index (χ2v) is 5.45. The Morgan fingerprint density at radius 2 is 2.29 bits per heavy atom. The Bertz CT molecular complexity index is 471. The van der Waals surface area contributed by atoms with E-state index < -0.39 is 0 Å². The number of ether oxygens (including phenoxy) is 2. The number of anilines is 1. The molecule has 1 heterocycles. The molecule has 1 atom stereocenters. The van der Waals surface area contributed by atoms with E-state index in [1.165, 1.54) is 0 Å². The molecule has 1 fully saturated rings. The van der Waals surface area contributed by atoms with Crippen molar-refractivity contribution in [3.8, 4) is 5.75 Å². The first kappa shape index (κ1) is 15.8. The quantitative estimate of drug-likeness (QED) is 0.754. The predicted molar refractivity (Wildman–Crippen MR) is 82.8 cm³/mol. The molecule has 116 valence electrons. The molecular formula is C16H24N2O3. The van der Waals surface area contributed by atoms with Crippen molar-refractivity contribution in [3.63, 3.8) is 0 Å². The van der Waals surface area contributed by atoms with E-state index in [1.807, 2.05) is 25.1 Å². The number of methoxy groups -OCH3 is 1. The lowest BCUT2D eigenvalue weighted by Gasteiger charge is -2.14. The van der Waals surface area contributed by atoms with Gasteiger partial charge in [0.2, 0.25) is 5.91 Å². The maximum absolute atomic E-state index is 12.1. The van der Waals surface area contributed by atoms with Gasteiger partial charge in [0.15, 0.2) is 0 Å². The molecule has 1 aromatic carbocycles. The fraction of sp³-hybridized carbons (Fsp3) is 0.562. The summed E-state index contributed by atoms with van der Waals surface area (Å²) in [5.41, 5.74) is 1.83. The molecule has 1 saturated heterocycles. The standard InChI is InChI=1S/C16H24N2O3/c1-12-3-4-14(15(9-12)21-8-7-20-2)18-16(19)10-13-5-6-17-11-13/h3-4,9,13,17H,5-8,10-11H2,1-2H3,(H,18,19). The van der Waals surface area contributed by atoms with Crippen LogP contribution in [0.5, 0.6) is 5.75 Å². The smallest absolute Gasteiger partial charge is 0.224 e. The number of hydrogen-bond donors (Lipinski definition) is 2. The molecule has 1 aliphatic heterocycles. The zero-order valence-corrected chi connectivity index (χ0v) is 12.8. The molecule has 2 N–H and O–H groups in total. The molecule has 1 aromatic rings. The Morgan fingerprint density at radius 1 is 1.43 bits per heavy atom. The van der Waals surface area contributed by atoms with Gasteiger partial charge in [-0.2, -0.15) is 0 Å². The molecule has 0 saturated carbocycles. The van der Waals surface area contributed by atoms with Crippen LogP contribution in [-0.4, -0.2) is 39.3 Å². The third-order valence-electron chi connectivity index (χ3n) is 3.59. The van der Waals surface area contributed by atoms with Gasteiger partial charge in [0.05, 0.1) is 12.3 Å². The summed E-state index contributed by atoms with van der Waals surface area (Å²) in [4.78, 5) is 12.1. The lowest BCUT2D eigenvalue weighted by Crippen LogP contribution is -2.19. The van der Waals surface area contributed by atoms with E-state index in [0.29, 0.717) is 31.3 Å². The van der Waals surface area contributed by atoms with Crippen molar-refractivity contribution in [3.05, 3.63) is 23.8 Å². The molecule has 5 nitrogen and oxygen atoms in total. The lowest BCUT2D eigenvalue weighted by molar-refractivity contribution is -0.117. The first-order valence-electron chi connectivity index (χ1n) is 7.42. The third-order valence-corrected chi connectivity index (χ3v) is 3.59. The van der Waals surface area contributed by atoms with Gasteiger partial charge in [-0.15, -0.1) is 0 Å². The molecule has 1 aliphatic rings. The van der Waals surface area contributed by atoms with E-state index in [1.54, 1.807) is 7.11 Å². The van der Waals surface area contributed by atoms with E-state index >= 15 is 0 Å².